The summed E-state index contributed by atoms with van der Waals surface area (Å²) in [6.07, 6.45) is 0.970. The van der Waals surface area contributed by atoms with Crippen LogP contribution in [0.4, 0.5) is 0 Å². The number of hydrogen-bond acceptors (Lipinski definition) is 2. The fraction of sp³-hybridized carbons (Fsp3) is 0.588. The summed E-state index contributed by atoms with van der Waals surface area (Å²) in [5, 5.41) is 6.59. The molecule has 0 heterocycles. The van der Waals surface area contributed by atoms with Gasteiger partial charge in [0, 0.05) is 33.9 Å². The first-order valence-electron chi connectivity index (χ1n) is 7.50. The number of nitrogens with zero attached hydrogens (tertiary/aromatic N) is 1. The van der Waals surface area contributed by atoms with Crippen molar-refractivity contribution in [2.45, 2.75) is 39.2 Å². The number of aliphatic imine (C=N–C) groups is 1. The van der Waals surface area contributed by atoms with Crippen molar-refractivity contribution in [1.29, 1.82) is 0 Å². The van der Waals surface area contributed by atoms with Gasteiger partial charge in [-0.3, -0.25) is 4.99 Å². The molecule has 0 spiro atoms. The van der Waals surface area contributed by atoms with E-state index >= 15 is 0 Å². The molecule has 0 aliphatic carbocycles. The van der Waals surface area contributed by atoms with Crippen molar-refractivity contribution in [3.63, 3.8) is 0 Å². The molecule has 0 aliphatic rings. The van der Waals surface area contributed by atoms with Gasteiger partial charge in [0.25, 0.3) is 0 Å². The molecule has 118 valence electrons. The van der Waals surface area contributed by atoms with Gasteiger partial charge in [-0.25, -0.2) is 0 Å². The van der Waals surface area contributed by atoms with Crippen LogP contribution in [-0.4, -0.2) is 33.3 Å². The molecule has 0 unspecified atom stereocenters. The number of benzene rings is 1. The predicted octanol–water partition coefficient (Wildman–Crippen LogP) is 2.69. The van der Waals surface area contributed by atoms with Crippen molar-refractivity contribution in [2.75, 3.05) is 27.3 Å². The second-order valence-electron chi connectivity index (χ2n) is 6.15. The average molecular weight is 291 g/mol. The van der Waals surface area contributed by atoms with Crippen LogP contribution in [0.15, 0.2) is 29.3 Å². The van der Waals surface area contributed by atoms with Crippen LogP contribution in [-0.2, 0) is 16.7 Å². The molecule has 0 saturated heterocycles. The number of guanidine groups is 1. The zero-order chi connectivity index (χ0) is 15.7. The maximum absolute atomic E-state index is 5.02. The van der Waals surface area contributed by atoms with Gasteiger partial charge in [-0.15, -0.1) is 0 Å². The van der Waals surface area contributed by atoms with E-state index in [0.717, 1.165) is 32.1 Å². The van der Waals surface area contributed by atoms with Gasteiger partial charge in [-0.05, 0) is 23.0 Å². The number of rotatable bonds is 6. The third-order valence-electron chi connectivity index (χ3n) is 3.32. The van der Waals surface area contributed by atoms with E-state index < -0.39 is 0 Å². The lowest BCUT2D eigenvalue weighted by atomic mass is 9.87. The first-order valence-corrected chi connectivity index (χ1v) is 7.50. The summed E-state index contributed by atoms with van der Waals surface area (Å²) in [7, 11) is 3.50. The highest BCUT2D eigenvalue weighted by molar-refractivity contribution is 5.79. The summed E-state index contributed by atoms with van der Waals surface area (Å²) >= 11 is 0. The molecule has 21 heavy (non-hydrogen) atoms. The average Bonchev–Trinajstić information content (AvgIpc) is 2.46. The van der Waals surface area contributed by atoms with E-state index in [9.17, 15) is 0 Å². The SMILES string of the molecule is CN=C(NCCCOC)NCc1ccc(C(C)(C)C)cc1. The van der Waals surface area contributed by atoms with E-state index in [0.29, 0.717) is 0 Å². The normalized spacial score (nSPS) is 12.3. The second kappa shape index (κ2) is 8.67. The Hall–Kier alpha value is -1.55. The zero-order valence-electron chi connectivity index (χ0n) is 14.0. The summed E-state index contributed by atoms with van der Waals surface area (Å²) < 4.78 is 5.02. The molecule has 0 bridgehead atoms. The van der Waals surface area contributed by atoms with Crippen LogP contribution < -0.4 is 10.6 Å². The Morgan fingerprint density at radius 3 is 2.33 bits per heavy atom. The summed E-state index contributed by atoms with van der Waals surface area (Å²) in [4.78, 5) is 4.21. The largest absolute Gasteiger partial charge is 0.385 e. The molecule has 0 radical (unpaired) electrons. The van der Waals surface area contributed by atoms with Crippen LogP contribution in [0.5, 0.6) is 0 Å². The Balaban J connectivity index is 2.43. The first-order chi connectivity index (χ1) is 9.97. The Morgan fingerprint density at radius 1 is 1.14 bits per heavy atom. The fourth-order valence-electron chi connectivity index (χ4n) is 1.95. The number of hydrogen-bond donors (Lipinski definition) is 2. The molecule has 0 aromatic heterocycles. The van der Waals surface area contributed by atoms with E-state index in [1.54, 1.807) is 14.2 Å². The monoisotopic (exact) mass is 291 g/mol. The molecule has 0 aliphatic heterocycles. The highest BCUT2D eigenvalue weighted by atomic mass is 16.5. The molecule has 0 fully saturated rings. The molecule has 4 heteroatoms. The van der Waals surface area contributed by atoms with E-state index in [4.69, 9.17) is 4.74 Å². The van der Waals surface area contributed by atoms with Crippen molar-refractivity contribution in [3.8, 4) is 0 Å². The highest BCUT2D eigenvalue weighted by Gasteiger charge is 2.12. The minimum Gasteiger partial charge on any atom is -0.385 e. The van der Waals surface area contributed by atoms with Crippen molar-refractivity contribution in [2.24, 2.45) is 4.99 Å². The smallest absolute Gasteiger partial charge is 0.191 e. The van der Waals surface area contributed by atoms with Crippen molar-refractivity contribution in [1.82, 2.24) is 10.6 Å². The van der Waals surface area contributed by atoms with Crippen molar-refractivity contribution in [3.05, 3.63) is 35.4 Å². The second-order valence-corrected chi connectivity index (χ2v) is 6.15. The molecule has 0 saturated carbocycles. The predicted molar refractivity (Wildman–Crippen MR) is 89.8 cm³/mol. The highest BCUT2D eigenvalue weighted by Crippen LogP contribution is 2.22. The molecule has 4 nitrogen and oxygen atoms in total. The first kappa shape index (κ1) is 17.5. The van der Waals surface area contributed by atoms with Gasteiger partial charge in [0.05, 0.1) is 0 Å². The summed E-state index contributed by atoms with van der Waals surface area (Å²) in [6.45, 7) is 9.08. The van der Waals surface area contributed by atoms with Crippen LogP contribution >= 0.6 is 0 Å². The van der Waals surface area contributed by atoms with Gasteiger partial charge < -0.3 is 15.4 Å². The minimum atomic E-state index is 0.199. The Labute approximate surface area is 129 Å². The number of nitrogens with one attached hydrogen (secondary N) is 2. The van der Waals surface area contributed by atoms with Gasteiger partial charge in [0.1, 0.15) is 0 Å². The molecule has 0 amide bonds. The van der Waals surface area contributed by atoms with E-state index in [1.165, 1.54) is 11.1 Å². The molecule has 1 aromatic rings. The van der Waals surface area contributed by atoms with Gasteiger partial charge >= 0.3 is 0 Å². The number of methoxy groups -OCH3 is 1. The topological polar surface area (TPSA) is 45.7 Å². The van der Waals surface area contributed by atoms with Crippen LogP contribution in [0, 0.1) is 0 Å². The van der Waals surface area contributed by atoms with Crippen molar-refractivity contribution < 1.29 is 4.74 Å². The van der Waals surface area contributed by atoms with E-state index in [1.807, 2.05) is 0 Å². The van der Waals surface area contributed by atoms with Gasteiger partial charge in [-0.2, -0.15) is 0 Å². The molecular formula is C17H29N3O. The molecule has 2 N–H and O–H groups in total. The Bertz CT molecular complexity index is 432. The van der Waals surface area contributed by atoms with Crippen LogP contribution in [0.1, 0.15) is 38.3 Å². The summed E-state index contributed by atoms with van der Waals surface area (Å²) in [5.41, 5.74) is 2.81. The quantitative estimate of drug-likeness (QED) is 0.481. The zero-order valence-corrected chi connectivity index (χ0v) is 14.0. The lowest BCUT2D eigenvalue weighted by Gasteiger charge is -2.19. The molecule has 1 aromatic carbocycles. The third kappa shape index (κ3) is 6.63. The maximum Gasteiger partial charge on any atom is 0.191 e. The fourth-order valence-corrected chi connectivity index (χ4v) is 1.95. The maximum atomic E-state index is 5.02. The van der Waals surface area contributed by atoms with E-state index in [-0.39, 0.29) is 5.41 Å². The summed E-state index contributed by atoms with van der Waals surface area (Å²) in [5.74, 6) is 0.825. The minimum absolute atomic E-state index is 0.199. The van der Waals surface area contributed by atoms with Gasteiger partial charge in [0.2, 0.25) is 0 Å². The molecule has 0 atom stereocenters. The van der Waals surface area contributed by atoms with Crippen LogP contribution in [0.25, 0.3) is 0 Å². The lowest BCUT2D eigenvalue weighted by Crippen LogP contribution is -2.37. The number of ether oxygens (including phenoxy) is 1. The molecule has 1 rings (SSSR count). The van der Waals surface area contributed by atoms with Crippen molar-refractivity contribution >= 4 is 5.96 Å². The molecular weight excluding hydrogens is 262 g/mol. The summed E-state index contributed by atoms with van der Waals surface area (Å²) in [6, 6.07) is 8.75. The third-order valence-corrected chi connectivity index (χ3v) is 3.32. The standard InChI is InChI=1S/C17H29N3O/c1-17(2,3)15-9-7-14(8-10-15)13-20-16(18-4)19-11-6-12-21-5/h7-10H,6,11-13H2,1-5H3,(H2,18,19,20). The van der Waals surface area contributed by atoms with Crippen LogP contribution in [0.3, 0.4) is 0 Å². The van der Waals surface area contributed by atoms with E-state index in [2.05, 4.69) is 60.7 Å². The Kier molecular flexibility index (Phi) is 7.23. The van der Waals surface area contributed by atoms with Gasteiger partial charge in [-0.1, -0.05) is 45.0 Å². The van der Waals surface area contributed by atoms with Gasteiger partial charge in [0.15, 0.2) is 5.96 Å². The lowest BCUT2D eigenvalue weighted by molar-refractivity contribution is 0.195. The van der Waals surface area contributed by atoms with Crippen LogP contribution in [0.2, 0.25) is 0 Å². The Morgan fingerprint density at radius 2 is 1.81 bits per heavy atom.